The molecule has 1 fully saturated rings. The van der Waals surface area contributed by atoms with Gasteiger partial charge in [0.05, 0.1) is 5.75 Å². The fourth-order valence-electron chi connectivity index (χ4n) is 2.97. The van der Waals surface area contributed by atoms with Crippen LogP contribution in [0.2, 0.25) is 5.02 Å². The molecule has 1 aliphatic heterocycles. The zero-order valence-corrected chi connectivity index (χ0v) is 15.4. The monoisotopic (exact) mass is 386 g/mol. The van der Waals surface area contributed by atoms with Crippen LogP contribution in [-0.2, 0) is 15.8 Å². The van der Waals surface area contributed by atoms with Crippen molar-refractivity contribution in [1.29, 1.82) is 0 Å². The van der Waals surface area contributed by atoms with Crippen LogP contribution in [0.5, 0.6) is 0 Å². The van der Waals surface area contributed by atoms with Crippen molar-refractivity contribution < 1.29 is 8.42 Å². The SMILES string of the molecule is Cl.N[C@@H]1CN(S(=O)(=O)Cc2ccccc2Cl)C[C@H]1c1ccccc1. The van der Waals surface area contributed by atoms with Gasteiger partial charge < -0.3 is 5.73 Å². The lowest BCUT2D eigenvalue weighted by molar-refractivity contribution is 0.469. The average Bonchev–Trinajstić information content (AvgIpc) is 2.93. The first-order chi connectivity index (χ1) is 11.0. The first kappa shape index (κ1) is 19.2. The maximum absolute atomic E-state index is 12.7. The highest BCUT2D eigenvalue weighted by Crippen LogP contribution is 2.29. The van der Waals surface area contributed by atoms with E-state index in [0.29, 0.717) is 23.7 Å². The molecule has 24 heavy (non-hydrogen) atoms. The molecule has 2 atom stereocenters. The van der Waals surface area contributed by atoms with Crippen molar-refractivity contribution in [3.05, 3.63) is 70.7 Å². The van der Waals surface area contributed by atoms with Gasteiger partial charge in [0.25, 0.3) is 0 Å². The first-order valence-corrected chi connectivity index (χ1v) is 9.48. The van der Waals surface area contributed by atoms with Gasteiger partial charge in [-0.25, -0.2) is 8.42 Å². The first-order valence-electron chi connectivity index (χ1n) is 7.49. The molecule has 1 saturated heterocycles. The molecule has 0 aromatic heterocycles. The molecule has 7 heteroatoms. The summed E-state index contributed by atoms with van der Waals surface area (Å²) in [4.78, 5) is 0. The van der Waals surface area contributed by atoms with Gasteiger partial charge in [0, 0.05) is 30.1 Å². The van der Waals surface area contributed by atoms with Crippen LogP contribution >= 0.6 is 24.0 Å². The lowest BCUT2D eigenvalue weighted by atomic mass is 9.95. The highest BCUT2D eigenvalue weighted by atomic mass is 35.5. The van der Waals surface area contributed by atoms with Crippen molar-refractivity contribution in [2.24, 2.45) is 5.73 Å². The molecule has 130 valence electrons. The number of halogens is 2. The van der Waals surface area contributed by atoms with Crippen LogP contribution in [0.1, 0.15) is 17.0 Å². The summed E-state index contributed by atoms with van der Waals surface area (Å²) >= 11 is 6.08. The van der Waals surface area contributed by atoms with Crippen molar-refractivity contribution in [2.45, 2.75) is 17.7 Å². The number of rotatable bonds is 4. The van der Waals surface area contributed by atoms with E-state index in [9.17, 15) is 8.42 Å². The van der Waals surface area contributed by atoms with E-state index in [1.54, 1.807) is 24.3 Å². The molecule has 0 amide bonds. The zero-order valence-electron chi connectivity index (χ0n) is 13.0. The fourth-order valence-corrected chi connectivity index (χ4v) is 4.87. The van der Waals surface area contributed by atoms with Crippen molar-refractivity contribution in [1.82, 2.24) is 4.31 Å². The van der Waals surface area contributed by atoms with Crippen LogP contribution in [0.25, 0.3) is 0 Å². The van der Waals surface area contributed by atoms with E-state index in [-0.39, 0.29) is 30.1 Å². The maximum atomic E-state index is 12.7. The summed E-state index contributed by atoms with van der Waals surface area (Å²) in [5.74, 6) is -0.0711. The molecule has 0 radical (unpaired) electrons. The highest BCUT2D eigenvalue weighted by Gasteiger charge is 2.37. The molecule has 0 bridgehead atoms. The molecule has 0 aliphatic carbocycles. The molecular weight excluding hydrogens is 367 g/mol. The van der Waals surface area contributed by atoms with Gasteiger partial charge in [0.2, 0.25) is 10.0 Å². The van der Waals surface area contributed by atoms with Crippen LogP contribution in [0.3, 0.4) is 0 Å². The largest absolute Gasteiger partial charge is 0.326 e. The third kappa shape index (κ3) is 4.10. The van der Waals surface area contributed by atoms with Gasteiger partial charge in [-0.2, -0.15) is 4.31 Å². The van der Waals surface area contributed by atoms with Gasteiger partial charge in [-0.3, -0.25) is 0 Å². The van der Waals surface area contributed by atoms with Gasteiger partial charge in [0.1, 0.15) is 0 Å². The zero-order chi connectivity index (χ0) is 16.4. The lowest BCUT2D eigenvalue weighted by Crippen LogP contribution is -2.33. The van der Waals surface area contributed by atoms with Gasteiger partial charge >= 0.3 is 0 Å². The summed E-state index contributed by atoms with van der Waals surface area (Å²) in [5, 5.41) is 0.471. The summed E-state index contributed by atoms with van der Waals surface area (Å²) in [6, 6.07) is 16.7. The smallest absolute Gasteiger partial charge is 0.218 e. The van der Waals surface area contributed by atoms with Crippen LogP contribution < -0.4 is 5.73 Å². The molecule has 2 N–H and O–H groups in total. The maximum Gasteiger partial charge on any atom is 0.218 e. The van der Waals surface area contributed by atoms with E-state index in [1.807, 2.05) is 30.3 Å². The van der Waals surface area contributed by atoms with E-state index in [4.69, 9.17) is 17.3 Å². The summed E-state index contributed by atoms with van der Waals surface area (Å²) in [5.41, 5.74) is 7.88. The van der Waals surface area contributed by atoms with E-state index < -0.39 is 10.0 Å². The Balaban J connectivity index is 0.00000208. The third-order valence-corrected chi connectivity index (χ3v) is 6.38. The Morgan fingerprint density at radius 2 is 1.67 bits per heavy atom. The third-order valence-electron chi connectivity index (χ3n) is 4.25. The molecule has 2 aromatic carbocycles. The minimum atomic E-state index is -3.44. The minimum absolute atomic E-state index is 0. The molecule has 1 aliphatic rings. The minimum Gasteiger partial charge on any atom is -0.326 e. The number of nitrogens with two attached hydrogens (primary N) is 1. The topological polar surface area (TPSA) is 63.4 Å². The quantitative estimate of drug-likeness (QED) is 0.877. The second-order valence-corrected chi connectivity index (χ2v) is 8.22. The molecule has 0 saturated carbocycles. The molecule has 4 nitrogen and oxygen atoms in total. The Bertz CT molecular complexity index is 784. The standard InChI is InChI=1S/C17H19ClN2O2S.ClH/c18-16-9-5-4-8-14(16)12-23(21,22)20-10-15(17(19)11-20)13-6-2-1-3-7-13;/h1-9,15,17H,10-12,19H2;1H/t15-,17+;/m0./s1. The second kappa shape index (κ2) is 7.85. The molecule has 0 unspecified atom stereocenters. The normalized spacial score (nSPS) is 21.4. The predicted octanol–water partition coefficient (Wildman–Crippen LogP) is 3.02. The van der Waals surface area contributed by atoms with Crippen LogP contribution in [0, 0.1) is 0 Å². The van der Waals surface area contributed by atoms with Gasteiger partial charge in [0.15, 0.2) is 0 Å². The molecule has 3 rings (SSSR count). The fraction of sp³-hybridized carbons (Fsp3) is 0.294. The van der Waals surface area contributed by atoms with Gasteiger partial charge in [-0.15, -0.1) is 12.4 Å². The van der Waals surface area contributed by atoms with E-state index in [0.717, 1.165) is 5.56 Å². The van der Waals surface area contributed by atoms with E-state index in [1.165, 1.54) is 4.31 Å². The van der Waals surface area contributed by atoms with E-state index in [2.05, 4.69) is 0 Å². The van der Waals surface area contributed by atoms with Crippen LogP contribution in [0.4, 0.5) is 0 Å². The van der Waals surface area contributed by atoms with Gasteiger partial charge in [-0.1, -0.05) is 60.1 Å². The van der Waals surface area contributed by atoms with Gasteiger partial charge in [-0.05, 0) is 17.2 Å². The van der Waals surface area contributed by atoms with Crippen LogP contribution in [-0.4, -0.2) is 31.9 Å². The Hall–Kier alpha value is -1.11. The second-order valence-electron chi connectivity index (χ2n) is 5.85. The summed E-state index contributed by atoms with van der Waals surface area (Å²) in [7, 11) is -3.44. The number of benzene rings is 2. The molecule has 0 spiro atoms. The van der Waals surface area contributed by atoms with Crippen molar-refractivity contribution >= 4 is 34.0 Å². The lowest BCUT2D eigenvalue weighted by Gasteiger charge is -2.17. The Kier molecular flexibility index (Phi) is 6.28. The Morgan fingerprint density at radius 3 is 2.33 bits per heavy atom. The van der Waals surface area contributed by atoms with Crippen LogP contribution in [0.15, 0.2) is 54.6 Å². The average molecular weight is 387 g/mol. The summed E-state index contributed by atoms with van der Waals surface area (Å²) < 4.78 is 26.9. The number of hydrogen-bond donors (Lipinski definition) is 1. The molecule has 2 aromatic rings. The summed E-state index contributed by atoms with van der Waals surface area (Å²) in [6.07, 6.45) is 0. The van der Waals surface area contributed by atoms with E-state index >= 15 is 0 Å². The van der Waals surface area contributed by atoms with Crippen molar-refractivity contribution in [3.8, 4) is 0 Å². The number of hydrogen-bond acceptors (Lipinski definition) is 3. The molecular formula is C17H20Cl2N2O2S. The molecule has 1 heterocycles. The van der Waals surface area contributed by atoms with Crippen molar-refractivity contribution in [3.63, 3.8) is 0 Å². The number of nitrogens with zero attached hydrogens (tertiary/aromatic N) is 1. The Morgan fingerprint density at radius 1 is 1.04 bits per heavy atom. The van der Waals surface area contributed by atoms with Crippen molar-refractivity contribution in [2.75, 3.05) is 13.1 Å². The summed E-state index contributed by atoms with van der Waals surface area (Å²) in [6.45, 7) is 0.754. The number of sulfonamides is 1. The highest BCUT2D eigenvalue weighted by molar-refractivity contribution is 7.88. The predicted molar refractivity (Wildman–Crippen MR) is 100 cm³/mol. The Labute approximate surface area is 154 Å².